The molecular weight excluding hydrogens is 301 g/mol. The molecule has 4 rings (SSSR count). The minimum absolute atomic E-state index is 0.0475. The first-order chi connectivity index (χ1) is 11.0. The maximum atomic E-state index is 13.8. The molecule has 1 unspecified atom stereocenters. The van der Waals surface area contributed by atoms with Crippen molar-refractivity contribution >= 4 is 5.91 Å². The molecule has 0 aromatic heterocycles. The quantitative estimate of drug-likeness (QED) is 0.929. The second-order valence-corrected chi connectivity index (χ2v) is 6.64. The van der Waals surface area contributed by atoms with E-state index in [1.807, 2.05) is 6.07 Å². The van der Waals surface area contributed by atoms with Crippen LogP contribution in [0, 0.1) is 0 Å². The zero-order chi connectivity index (χ0) is 16.1. The van der Waals surface area contributed by atoms with E-state index in [0.717, 1.165) is 31.2 Å². The van der Waals surface area contributed by atoms with Crippen LogP contribution in [0.2, 0.25) is 0 Å². The lowest BCUT2D eigenvalue weighted by Gasteiger charge is -2.26. The maximum absolute atomic E-state index is 13.8. The Morgan fingerprint density at radius 1 is 1.22 bits per heavy atom. The van der Waals surface area contributed by atoms with Gasteiger partial charge >= 0.3 is 6.04 Å². The number of halogens is 1. The molecule has 6 heteroatoms. The van der Waals surface area contributed by atoms with E-state index in [9.17, 15) is 9.18 Å². The van der Waals surface area contributed by atoms with Crippen molar-refractivity contribution in [1.29, 1.82) is 0 Å². The Balaban J connectivity index is 1.52. The summed E-state index contributed by atoms with van der Waals surface area (Å²) in [6, 6.07) is 3.28. The molecule has 1 amide bonds. The Morgan fingerprint density at radius 3 is 2.61 bits per heavy atom. The van der Waals surface area contributed by atoms with Gasteiger partial charge in [0.2, 0.25) is 5.91 Å². The van der Waals surface area contributed by atoms with Crippen LogP contribution in [0.15, 0.2) is 18.2 Å². The molecule has 5 nitrogen and oxygen atoms in total. The fourth-order valence-corrected chi connectivity index (χ4v) is 3.32. The molecule has 2 heterocycles. The molecule has 124 valence electrons. The molecule has 1 atom stereocenters. The Bertz CT molecular complexity index is 635. The number of carbonyl (C=O) groups is 1. The van der Waals surface area contributed by atoms with Crippen LogP contribution in [-0.4, -0.2) is 31.2 Å². The number of hydrogen-bond donors (Lipinski definition) is 1. The number of hydrogen-bond acceptors (Lipinski definition) is 4. The van der Waals surface area contributed by atoms with Crippen molar-refractivity contribution in [3.8, 4) is 11.5 Å². The van der Waals surface area contributed by atoms with Crippen LogP contribution < -0.4 is 14.8 Å². The van der Waals surface area contributed by atoms with E-state index >= 15 is 0 Å². The molecule has 0 radical (unpaired) electrons. The lowest BCUT2D eigenvalue weighted by Crippen LogP contribution is -2.44. The third-order valence-corrected chi connectivity index (χ3v) is 4.82. The lowest BCUT2D eigenvalue weighted by atomic mass is 9.93. The van der Waals surface area contributed by atoms with Gasteiger partial charge in [-0.25, -0.2) is 0 Å². The summed E-state index contributed by atoms with van der Waals surface area (Å²) in [5, 5.41) is 3.14. The Kier molecular flexibility index (Phi) is 3.27. The van der Waals surface area contributed by atoms with Crippen molar-refractivity contribution in [2.45, 2.75) is 50.1 Å². The lowest BCUT2D eigenvalue weighted by molar-refractivity contribution is -0.173. The van der Waals surface area contributed by atoms with Crippen LogP contribution in [0.1, 0.15) is 38.2 Å². The summed E-state index contributed by atoms with van der Waals surface area (Å²) in [4.78, 5) is 12.7. The summed E-state index contributed by atoms with van der Waals surface area (Å²) in [5.41, 5.74) is 0.355. The number of nitrogens with one attached hydrogen (secondary N) is 1. The molecule has 3 aliphatic rings. The second kappa shape index (κ2) is 5.09. The zero-order valence-corrected chi connectivity index (χ0v) is 13.1. The van der Waals surface area contributed by atoms with Gasteiger partial charge in [0.15, 0.2) is 11.5 Å². The van der Waals surface area contributed by atoms with E-state index in [4.69, 9.17) is 14.2 Å². The number of alkyl halides is 1. The molecule has 0 spiro atoms. The van der Waals surface area contributed by atoms with E-state index in [1.54, 1.807) is 12.1 Å². The summed E-state index contributed by atoms with van der Waals surface area (Å²) in [6.07, 6.45) is 3.30. The standard InChI is InChI=1S/C17H20FNO4/c1-16(18)22-13-3-2-11(10-14(13)23-16)17(6-7-17)15(20)19-12-4-8-21-9-5-12/h2-3,10,12H,4-9H2,1H3,(H,19,20). The highest BCUT2D eigenvalue weighted by molar-refractivity contribution is 5.91. The van der Waals surface area contributed by atoms with E-state index in [0.29, 0.717) is 24.7 Å². The van der Waals surface area contributed by atoms with Crippen LogP contribution in [0.3, 0.4) is 0 Å². The van der Waals surface area contributed by atoms with Gasteiger partial charge in [-0.15, -0.1) is 0 Å². The molecule has 0 bridgehead atoms. The van der Waals surface area contributed by atoms with Crippen LogP contribution in [0.25, 0.3) is 0 Å². The van der Waals surface area contributed by atoms with E-state index < -0.39 is 11.5 Å². The summed E-state index contributed by atoms with van der Waals surface area (Å²) >= 11 is 0. The molecule has 1 aliphatic carbocycles. The van der Waals surface area contributed by atoms with Gasteiger partial charge in [0.1, 0.15) is 0 Å². The first kappa shape index (κ1) is 14.8. The highest BCUT2D eigenvalue weighted by atomic mass is 19.2. The highest BCUT2D eigenvalue weighted by Crippen LogP contribution is 2.51. The topological polar surface area (TPSA) is 56.8 Å². The fraction of sp³-hybridized carbons (Fsp3) is 0.588. The predicted molar refractivity (Wildman–Crippen MR) is 80.1 cm³/mol. The summed E-state index contributed by atoms with van der Waals surface area (Å²) < 4.78 is 29.3. The summed E-state index contributed by atoms with van der Waals surface area (Å²) in [6.45, 7) is 2.60. The fourth-order valence-electron chi connectivity index (χ4n) is 3.32. The van der Waals surface area contributed by atoms with Gasteiger partial charge in [-0.05, 0) is 43.4 Å². The largest absolute Gasteiger partial charge is 0.423 e. The first-order valence-corrected chi connectivity index (χ1v) is 8.09. The van der Waals surface area contributed by atoms with Crippen LogP contribution in [0.4, 0.5) is 4.39 Å². The first-order valence-electron chi connectivity index (χ1n) is 8.09. The third kappa shape index (κ3) is 2.65. The number of ether oxygens (including phenoxy) is 3. The molecule has 1 N–H and O–H groups in total. The van der Waals surface area contributed by atoms with Gasteiger partial charge < -0.3 is 19.5 Å². The van der Waals surface area contributed by atoms with Gasteiger partial charge in [-0.1, -0.05) is 6.07 Å². The van der Waals surface area contributed by atoms with Gasteiger partial charge in [0, 0.05) is 26.2 Å². The molecule has 1 aromatic carbocycles. The second-order valence-electron chi connectivity index (χ2n) is 6.64. The van der Waals surface area contributed by atoms with Crippen molar-refractivity contribution < 1.29 is 23.4 Å². The van der Waals surface area contributed by atoms with Crippen molar-refractivity contribution in [3.63, 3.8) is 0 Å². The minimum Gasteiger partial charge on any atom is -0.423 e. The van der Waals surface area contributed by atoms with E-state index in [1.165, 1.54) is 6.92 Å². The van der Waals surface area contributed by atoms with Crippen molar-refractivity contribution in [3.05, 3.63) is 23.8 Å². The third-order valence-electron chi connectivity index (χ3n) is 4.82. The minimum atomic E-state index is -2.14. The molecule has 23 heavy (non-hydrogen) atoms. The number of benzene rings is 1. The maximum Gasteiger partial charge on any atom is 0.404 e. The Labute approximate surface area is 134 Å². The predicted octanol–water partition coefficient (Wildman–Crippen LogP) is 2.43. The summed E-state index contributed by atoms with van der Waals surface area (Å²) in [7, 11) is 0. The normalized spacial score (nSPS) is 28.4. The SMILES string of the molecule is CC1(F)Oc2ccc(C3(C(=O)NC4CCOCC4)CC3)cc2O1. The zero-order valence-electron chi connectivity index (χ0n) is 13.1. The molecular formula is C17H20FNO4. The number of amides is 1. The monoisotopic (exact) mass is 321 g/mol. The molecule has 1 saturated carbocycles. The van der Waals surface area contributed by atoms with Crippen molar-refractivity contribution in [1.82, 2.24) is 5.32 Å². The van der Waals surface area contributed by atoms with Gasteiger partial charge in [0.05, 0.1) is 5.41 Å². The van der Waals surface area contributed by atoms with Crippen molar-refractivity contribution in [2.75, 3.05) is 13.2 Å². The van der Waals surface area contributed by atoms with Crippen LogP contribution in [-0.2, 0) is 14.9 Å². The van der Waals surface area contributed by atoms with Crippen molar-refractivity contribution in [2.24, 2.45) is 0 Å². The average molecular weight is 321 g/mol. The molecule has 1 aromatic rings. The average Bonchev–Trinajstić information content (AvgIpc) is 3.26. The number of carbonyl (C=O) groups excluding carboxylic acids is 1. The molecule has 1 saturated heterocycles. The molecule has 2 fully saturated rings. The highest BCUT2D eigenvalue weighted by Gasteiger charge is 2.52. The van der Waals surface area contributed by atoms with Gasteiger partial charge in [0.25, 0.3) is 0 Å². The van der Waals surface area contributed by atoms with Gasteiger partial charge in [-0.2, -0.15) is 4.39 Å². The number of rotatable bonds is 3. The van der Waals surface area contributed by atoms with Gasteiger partial charge in [-0.3, -0.25) is 4.79 Å². The molecule has 2 aliphatic heterocycles. The van der Waals surface area contributed by atoms with E-state index in [-0.39, 0.29) is 11.9 Å². The van der Waals surface area contributed by atoms with Crippen LogP contribution >= 0.6 is 0 Å². The number of fused-ring (bicyclic) bond motifs is 1. The Hall–Kier alpha value is -1.82. The van der Waals surface area contributed by atoms with Crippen LogP contribution in [0.5, 0.6) is 11.5 Å². The van der Waals surface area contributed by atoms with E-state index in [2.05, 4.69) is 5.32 Å². The smallest absolute Gasteiger partial charge is 0.404 e. The summed E-state index contributed by atoms with van der Waals surface area (Å²) in [5.74, 6) is 0.781. The Morgan fingerprint density at radius 2 is 1.91 bits per heavy atom.